The smallest absolute Gasteiger partial charge is 0.312 e. The minimum absolute atomic E-state index is 0.0606. The highest BCUT2D eigenvalue weighted by Crippen LogP contribution is 2.70. The van der Waals surface area contributed by atoms with E-state index in [0.29, 0.717) is 19.4 Å². The van der Waals surface area contributed by atoms with Gasteiger partial charge in [-0.05, 0) is 44.2 Å². The van der Waals surface area contributed by atoms with E-state index in [-0.39, 0.29) is 23.4 Å². The van der Waals surface area contributed by atoms with Gasteiger partial charge in [-0.2, -0.15) is 0 Å². The third kappa shape index (κ3) is 1.78. The molecular formula is C20H26O5. The minimum atomic E-state index is -0.950. The predicted octanol–water partition coefficient (Wildman–Crippen LogP) is 2.85. The molecule has 1 N–H and O–H groups in total. The van der Waals surface area contributed by atoms with Crippen molar-refractivity contribution in [1.29, 1.82) is 0 Å². The summed E-state index contributed by atoms with van der Waals surface area (Å²) in [6.07, 6.45) is 7.98. The highest BCUT2D eigenvalue weighted by atomic mass is 16.6. The maximum atomic E-state index is 12.6. The summed E-state index contributed by atoms with van der Waals surface area (Å²) in [6.45, 7) is 4.77. The average Bonchev–Trinajstić information content (AvgIpc) is 3.05. The van der Waals surface area contributed by atoms with Crippen LogP contribution in [0.1, 0.15) is 51.5 Å². The van der Waals surface area contributed by atoms with E-state index in [0.717, 1.165) is 31.2 Å². The maximum Gasteiger partial charge on any atom is 0.312 e. The Kier molecular flexibility index (Phi) is 2.98. The first-order chi connectivity index (χ1) is 11.8. The third-order valence-electron chi connectivity index (χ3n) is 7.94. The molecule has 4 fully saturated rings. The number of carbonyl (C=O) groups excluding carboxylic acids is 1. The Labute approximate surface area is 147 Å². The van der Waals surface area contributed by atoms with Crippen molar-refractivity contribution in [3.63, 3.8) is 0 Å². The summed E-state index contributed by atoms with van der Waals surface area (Å²) in [5, 5.41) is 12.1. The van der Waals surface area contributed by atoms with E-state index in [1.54, 1.807) is 12.5 Å². The normalized spacial score (nSPS) is 50.6. The van der Waals surface area contributed by atoms with Crippen molar-refractivity contribution in [3.8, 4) is 0 Å². The number of furan rings is 1. The lowest BCUT2D eigenvalue weighted by Crippen LogP contribution is -2.69. The van der Waals surface area contributed by atoms with Crippen molar-refractivity contribution in [2.45, 2.75) is 69.7 Å². The predicted molar refractivity (Wildman–Crippen MR) is 88.7 cm³/mol. The van der Waals surface area contributed by atoms with Crippen molar-refractivity contribution >= 4 is 5.97 Å². The molecular weight excluding hydrogens is 320 g/mol. The SMILES string of the molecule is C[C@@]12CCC[C@]3(C)C(=O)O[C@H](C[C@@]4(CO4)[C@]1(O)CCc1ccoc1)[C@@H]23. The van der Waals surface area contributed by atoms with Crippen LogP contribution in [0.3, 0.4) is 0 Å². The Morgan fingerprint density at radius 3 is 2.80 bits per heavy atom. The highest BCUT2D eigenvalue weighted by Gasteiger charge is 2.79. The standard InChI is InChI=1S/C20H26O5/c1-17-6-3-7-18(2)15(17)14(25-16(17)21)10-19(12-24-19)20(18,22)8-4-13-5-9-23-11-13/h5,9,11,14-15,22H,3-4,6-8,10,12H2,1-2H3/t14-,15-,17+,18+,19-,20+/m1/s1. The van der Waals surface area contributed by atoms with Crippen molar-refractivity contribution < 1.29 is 23.8 Å². The molecule has 5 rings (SSSR count). The second-order valence-electron chi connectivity index (χ2n) is 9.09. The van der Waals surface area contributed by atoms with E-state index in [4.69, 9.17) is 13.9 Å². The summed E-state index contributed by atoms with van der Waals surface area (Å²) in [5.74, 6) is -0.0197. The number of hydrogen-bond donors (Lipinski definition) is 1. The van der Waals surface area contributed by atoms with Gasteiger partial charge in [0.2, 0.25) is 0 Å². The molecule has 1 spiro atoms. The Hall–Kier alpha value is -1.33. The van der Waals surface area contributed by atoms with Crippen molar-refractivity contribution in [1.82, 2.24) is 0 Å². The third-order valence-corrected chi connectivity index (χ3v) is 7.94. The molecule has 0 amide bonds. The number of esters is 1. The Morgan fingerprint density at radius 2 is 2.12 bits per heavy atom. The van der Waals surface area contributed by atoms with Crippen LogP contribution in [-0.2, 0) is 20.7 Å². The lowest BCUT2D eigenvalue weighted by Gasteiger charge is -2.61. The topological polar surface area (TPSA) is 72.2 Å². The van der Waals surface area contributed by atoms with Crippen LogP contribution >= 0.6 is 0 Å². The molecule has 6 atom stereocenters. The summed E-state index contributed by atoms with van der Waals surface area (Å²) < 4.78 is 16.9. The van der Waals surface area contributed by atoms with E-state index in [2.05, 4.69) is 6.92 Å². The Morgan fingerprint density at radius 1 is 1.32 bits per heavy atom. The zero-order valence-electron chi connectivity index (χ0n) is 14.9. The number of ether oxygens (including phenoxy) is 2. The number of aliphatic hydroxyl groups is 1. The van der Waals surface area contributed by atoms with Crippen LogP contribution in [0.25, 0.3) is 0 Å². The van der Waals surface area contributed by atoms with Crippen LogP contribution in [-0.4, -0.2) is 35.0 Å². The Balaban J connectivity index is 1.56. The van der Waals surface area contributed by atoms with Gasteiger partial charge in [0.25, 0.3) is 0 Å². The maximum absolute atomic E-state index is 12.6. The quantitative estimate of drug-likeness (QED) is 0.673. The van der Waals surface area contributed by atoms with Gasteiger partial charge in [0, 0.05) is 17.8 Å². The fourth-order valence-corrected chi connectivity index (χ4v) is 6.58. The first kappa shape index (κ1) is 15.9. The summed E-state index contributed by atoms with van der Waals surface area (Å²) in [5.41, 5.74) is -1.27. The first-order valence-electron chi connectivity index (χ1n) is 9.43. The summed E-state index contributed by atoms with van der Waals surface area (Å²) >= 11 is 0. The van der Waals surface area contributed by atoms with Crippen molar-refractivity contribution in [3.05, 3.63) is 24.2 Å². The van der Waals surface area contributed by atoms with E-state index >= 15 is 0 Å². The number of hydrogen-bond acceptors (Lipinski definition) is 5. The number of epoxide rings is 1. The fourth-order valence-electron chi connectivity index (χ4n) is 6.58. The van der Waals surface area contributed by atoms with Crippen LogP contribution in [0.15, 0.2) is 23.0 Å². The van der Waals surface area contributed by atoms with Crippen LogP contribution < -0.4 is 0 Å². The number of carbonyl (C=O) groups is 1. The van der Waals surface area contributed by atoms with Gasteiger partial charge in [-0.1, -0.05) is 13.3 Å². The van der Waals surface area contributed by atoms with Crippen LogP contribution in [0.5, 0.6) is 0 Å². The minimum Gasteiger partial charge on any atom is -0.472 e. The molecule has 0 bridgehead atoms. The monoisotopic (exact) mass is 346 g/mol. The van der Waals surface area contributed by atoms with Crippen LogP contribution in [0, 0.1) is 16.7 Å². The second kappa shape index (κ2) is 4.68. The zero-order chi connectivity index (χ0) is 17.5. The lowest BCUT2D eigenvalue weighted by molar-refractivity contribution is -0.227. The molecule has 1 aromatic rings. The molecule has 0 radical (unpaired) electrons. The van der Waals surface area contributed by atoms with E-state index < -0.39 is 16.6 Å². The van der Waals surface area contributed by atoms with Gasteiger partial charge in [0.05, 0.1) is 24.5 Å². The molecule has 25 heavy (non-hydrogen) atoms. The summed E-state index contributed by atoms with van der Waals surface area (Å²) in [6, 6.07) is 1.95. The molecule has 4 aliphatic rings. The van der Waals surface area contributed by atoms with E-state index in [1.807, 2.05) is 13.0 Å². The second-order valence-corrected chi connectivity index (χ2v) is 9.09. The van der Waals surface area contributed by atoms with Gasteiger partial charge in [-0.3, -0.25) is 4.79 Å². The van der Waals surface area contributed by atoms with Gasteiger partial charge < -0.3 is 19.0 Å². The molecule has 1 aromatic heterocycles. The summed E-state index contributed by atoms with van der Waals surface area (Å²) in [4.78, 5) is 12.6. The van der Waals surface area contributed by atoms with Gasteiger partial charge in [0.15, 0.2) is 0 Å². The van der Waals surface area contributed by atoms with Gasteiger partial charge >= 0.3 is 5.97 Å². The van der Waals surface area contributed by atoms with Gasteiger partial charge in [0.1, 0.15) is 17.3 Å². The molecule has 5 nitrogen and oxygen atoms in total. The molecule has 2 aliphatic heterocycles. The average molecular weight is 346 g/mol. The highest BCUT2D eigenvalue weighted by molar-refractivity contribution is 5.80. The molecule has 0 aromatic carbocycles. The van der Waals surface area contributed by atoms with Crippen LogP contribution in [0.2, 0.25) is 0 Å². The van der Waals surface area contributed by atoms with Gasteiger partial charge in [-0.15, -0.1) is 0 Å². The molecule has 136 valence electrons. The summed E-state index contributed by atoms with van der Waals surface area (Å²) in [7, 11) is 0. The number of aryl methyl sites for hydroxylation is 1. The van der Waals surface area contributed by atoms with Crippen molar-refractivity contribution in [2.24, 2.45) is 16.7 Å². The Bertz CT molecular complexity index is 708. The molecule has 2 saturated carbocycles. The van der Waals surface area contributed by atoms with Crippen molar-refractivity contribution in [2.75, 3.05) is 6.61 Å². The van der Waals surface area contributed by atoms with E-state index in [9.17, 15) is 9.90 Å². The molecule has 0 unspecified atom stereocenters. The van der Waals surface area contributed by atoms with Gasteiger partial charge in [-0.25, -0.2) is 0 Å². The fraction of sp³-hybridized carbons (Fsp3) is 0.750. The largest absolute Gasteiger partial charge is 0.472 e. The van der Waals surface area contributed by atoms with Crippen LogP contribution in [0.4, 0.5) is 0 Å². The van der Waals surface area contributed by atoms with E-state index in [1.165, 1.54) is 0 Å². The first-order valence-corrected chi connectivity index (χ1v) is 9.43. The zero-order valence-corrected chi connectivity index (χ0v) is 14.9. The molecule has 3 heterocycles. The number of rotatable bonds is 3. The molecule has 2 saturated heterocycles. The molecule has 5 heteroatoms. The lowest BCUT2D eigenvalue weighted by atomic mass is 9.43. The molecule has 2 aliphatic carbocycles.